The number of fused-ring (bicyclic) bond motifs is 1. The second kappa shape index (κ2) is 9.64. The van der Waals surface area contributed by atoms with Crippen molar-refractivity contribution < 1.29 is 9.59 Å². The van der Waals surface area contributed by atoms with Gasteiger partial charge in [0.2, 0.25) is 5.91 Å². The van der Waals surface area contributed by atoms with Gasteiger partial charge in [0.05, 0.1) is 5.56 Å². The van der Waals surface area contributed by atoms with Crippen LogP contribution < -0.4 is 10.6 Å². The summed E-state index contributed by atoms with van der Waals surface area (Å²) in [5.41, 5.74) is 3.20. The number of carbonyl (C=O) groups excluding carboxylic acids is 2. The highest BCUT2D eigenvalue weighted by Gasteiger charge is 2.27. The Labute approximate surface area is 194 Å². The number of halogens is 2. The monoisotopic (exact) mass is 471 g/mol. The van der Waals surface area contributed by atoms with E-state index in [1.54, 1.807) is 36.7 Å². The number of benzene rings is 1. The first-order chi connectivity index (χ1) is 15.0. The lowest BCUT2D eigenvalue weighted by Crippen LogP contribution is -2.24. The first-order valence-corrected chi connectivity index (χ1v) is 11.3. The molecule has 5 nitrogen and oxygen atoms in total. The number of rotatable bonds is 6. The van der Waals surface area contributed by atoms with Gasteiger partial charge in [0, 0.05) is 39.9 Å². The van der Waals surface area contributed by atoms with Crippen LogP contribution in [0.3, 0.4) is 0 Å². The van der Waals surface area contributed by atoms with Gasteiger partial charge in [-0.25, -0.2) is 0 Å². The number of hydrogen-bond donors (Lipinski definition) is 2. The molecular formula is C23H19Cl2N3O2S. The molecule has 1 aromatic carbocycles. The van der Waals surface area contributed by atoms with Crippen LogP contribution in [0.15, 0.2) is 48.8 Å². The Bertz CT molecular complexity index is 1160. The maximum absolute atomic E-state index is 13.0. The van der Waals surface area contributed by atoms with E-state index < -0.39 is 0 Å². The van der Waals surface area contributed by atoms with Gasteiger partial charge >= 0.3 is 0 Å². The highest BCUT2D eigenvalue weighted by atomic mass is 35.5. The molecule has 2 N–H and O–H groups in total. The van der Waals surface area contributed by atoms with Crippen LogP contribution in [0.4, 0.5) is 5.00 Å². The molecule has 0 unspecified atom stereocenters. The molecule has 0 atom stereocenters. The van der Waals surface area contributed by atoms with Gasteiger partial charge in [-0.05, 0) is 60.2 Å². The van der Waals surface area contributed by atoms with Gasteiger partial charge in [0.15, 0.2) is 0 Å². The summed E-state index contributed by atoms with van der Waals surface area (Å²) in [6.07, 6.45) is 9.22. The van der Waals surface area contributed by atoms with Crippen molar-refractivity contribution in [3.63, 3.8) is 0 Å². The number of carbonyl (C=O) groups is 2. The molecular weight excluding hydrogens is 453 g/mol. The maximum Gasteiger partial charge on any atom is 0.254 e. The van der Waals surface area contributed by atoms with E-state index in [9.17, 15) is 9.59 Å². The molecule has 0 saturated heterocycles. The summed E-state index contributed by atoms with van der Waals surface area (Å²) in [5, 5.41) is 7.38. The summed E-state index contributed by atoms with van der Waals surface area (Å²) < 4.78 is 0. The van der Waals surface area contributed by atoms with Crippen LogP contribution in [-0.2, 0) is 24.2 Å². The number of nitrogens with zero attached hydrogens (tertiary/aromatic N) is 1. The normalized spacial score (nSPS) is 12.7. The van der Waals surface area contributed by atoms with E-state index in [4.69, 9.17) is 23.2 Å². The number of thiophene rings is 1. The average Bonchev–Trinajstić information content (AvgIpc) is 3.33. The fourth-order valence-electron chi connectivity index (χ4n) is 3.46. The molecule has 2 aromatic heterocycles. The van der Waals surface area contributed by atoms with Crippen molar-refractivity contribution in [3.05, 3.63) is 86.0 Å². The summed E-state index contributed by atoms with van der Waals surface area (Å²) in [5.74, 6) is -0.518. The highest BCUT2D eigenvalue weighted by molar-refractivity contribution is 7.17. The third-order valence-corrected chi connectivity index (χ3v) is 6.71. The largest absolute Gasteiger partial charge is 0.348 e. The topological polar surface area (TPSA) is 71.1 Å². The van der Waals surface area contributed by atoms with Crippen LogP contribution in [0.2, 0.25) is 10.0 Å². The minimum absolute atomic E-state index is 0.191. The van der Waals surface area contributed by atoms with Crippen LogP contribution in [0.5, 0.6) is 0 Å². The van der Waals surface area contributed by atoms with Gasteiger partial charge in [-0.2, -0.15) is 0 Å². The summed E-state index contributed by atoms with van der Waals surface area (Å²) in [4.78, 5) is 30.7. The van der Waals surface area contributed by atoms with Gasteiger partial charge in [-0.3, -0.25) is 14.6 Å². The molecule has 0 spiro atoms. The summed E-state index contributed by atoms with van der Waals surface area (Å²) >= 11 is 13.5. The van der Waals surface area contributed by atoms with Crippen molar-refractivity contribution in [1.82, 2.24) is 10.3 Å². The van der Waals surface area contributed by atoms with Crippen molar-refractivity contribution in [2.75, 3.05) is 5.32 Å². The summed E-state index contributed by atoms with van der Waals surface area (Å²) in [6.45, 7) is 0.375. The Morgan fingerprint density at radius 3 is 2.84 bits per heavy atom. The molecule has 31 heavy (non-hydrogen) atoms. The Hall–Kier alpha value is -2.67. The SMILES string of the molecule is O=C(/C=C/c1ccc(Cl)cc1Cl)Nc1sc2c(c1C(=O)NCc1cccnc1)CCC2. The Morgan fingerprint density at radius 2 is 2.06 bits per heavy atom. The maximum atomic E-state index is 13.0. The predicted molar refractivity (Wildman–Crippen MR) is 126 cm³/mol. The molecule has 2 amide bonds. The number of nitrogens with one attached hydrogen (secondary N) is 2. The fourth-order valence-corrected chi connectivity index (χ4v) is 5.22. The Morgan fingerprint density at radius 1 is 1.19 bits per heavy atom. The first-order valence-electron chi connectivity index (χ1n) is 9.77. The minimum Gasteiger partial charge on any atom is -0.348 e. The van der Waals surface area contributed by atoms with E-state index in [0.717, 1.165) is 35.3 Å². The first kappa shape index (κ1) is 21.6. The lowest BCUT2D eigenvalue weighted by Gasteiger charge is -2.09. The van der Waals surface area contributed by atoms with Crippen LogP contribution in [0, 0.1) is 0 Å². The van der Waals surface area contributed by atoms with E-state index in [0.29, 0.717) is 32.7 Å². The van der Waals surface area contributed by atoms with E-state index in [1.165, 1.54) is 17.4 Å². The third-order valence-electron chi connectivity index (χ3n) is 4.94. The smallest absolute Gasteiger partial charge is 0.254 e. The van der Waals surface area contributed by atoms with Crippen molar-refractivity contribution in [1.29, 1.82) is 0 Å². The highest BCUT2D eigenvalue weighted by Crippen LogP contribution is 2.39. The molecule has 0 saturated carbocycles. The molecule has 0 aliphatic heterocycles. The Kier molecular flexibility index (Phi) is 6.70. The van der Waals surface area contributed by atoms with Crippen molar-refractivity contribution in [2.24, 2.45) is 0 Å². The van der Waals surface area contributed by atoms with E-state index in [1.807, 2.05) is 12.1 Å². The zero-order valence-corrected chi connectivity index (χ0v) is 18.8. The number of hydrogen-bond acceptors (Lipinski definition) is 4. The molecule has 158 valence electrons. The molecule has 4 rings (SSSR count). The standard InChI is InChI=1S/C23H19Cl2N3O2S/c24-16-8-6-15(18(25)11-16)7-9-20(29)28-23-21(17-4-1-5-19(17)31-23)22(30)27-13-14-3-2-10-26-12-14/h2-3,6-12H,1,4-5,13H2,(H,27,30)(H,28,29)/b9-7+. The second-order valence-corrected chi connectivity index (χ2v) is 9.04. The molecule has 8 heteroatoms. The molecule has 2 heterocycles. The molecule has 0 bridgehead atoms. The van der Waals surface area contributed by atoms with Crippen LogP contribution >= 0.6 is 34.5 Å². The quantitative estimate of drug-likeness (QED) is 0.464. The third kappa shape index (κ3) is 5.15. The molecule has 3 aromatic rings. The van der Waals surface area contributed by atoms with E-state index in [2.05, 4.69) is 15.6 Å². The summed E-state index contributed by atoms with van der Waals surface area (Å²) in [6, 6.07) is 8.80. The lowest BCUT2D eigenvalue weighted by atomic mass is 10.1. The van der Waals surface area contributed by atoms with Gasteiger partial charge in [-0.15, -0.1) is 11.3 Å². The second-order valence-electron chi connectivity index (χ2n) is 7.09. The lowest BCUT2D eigenvalue weighted by molar-refractivity contribution is -0.111. The number of pyridine rings is 1. The Balaban J connectivity index is 1.50. The number of amides is 2. The van der Waals surface area contributed by atoms with Crippen LogP contribution in [-0.4, -0.2) is 16.8 Å². The number of aromatic nitrogens is 1. The fraction of sp³-hybridized carbons (Fsp3) is 0.174. The molecule has 1 aliphatic carbocycles. The number of anilines is 1. The van der Waals surface area contributed by atoms with Crippen LogP contribution in [0.1, 0.15) is 38.3 Å². The van der Waals surface area contributed by atoms with E-state index in [-0.39, 0.29) is 11.8 Å². The minimum atomic E-state index is -0.327. The zero-order valence-electron chi connectivity index (χ0n) is 16.5. The van der Waals surface area contributed by atoms with Crippen molar-refractivity contribution in [2.45, 2.75) is 25.8 Å². The van der Waals surface area contributed by atoms with E-state index >= 15 is 0 Å². The van der Waals surface area contributed by atoms with Gasteiger partial charge in [-0.1, -0.05) is 35.3 Å². The summed E-state index contributed by atoms with van der Waals surface area (Å²) in [7, 11) is 0. The van der Waals surface area contributed by atoms with Crippen LogP contribution in [0.25, 0.3) is 6.08 Å². The average molecular weight is 472 g/mol. The van der Waals surface area contributed by atoms with Gasteiger partial charge in [0.1, 0.15) is 5.00 Å². The zero-order chi connectivity index (χ0) is 21.8. The van der Waals surface area contributed by atoms with Crippen molar-refractivity contribution in [3.8, 4) is 0 Å². The molecule has 0 fully saturated rings. The van der Waals surface area contributed by atoms with Gasteiger partial charge in [0.25, 0.3) is 5.91 Å². The molecule has 0 radical (unpaired) electrons. The predicted octanol–water partition coefficient (Wildman–Crippen LogP) is 5.52. The number of aryl methyl sites for hydroxylation is 1. The molecule has 1 aliphatic rings. The van der Waals surface area contributed by atoms with Crippen molar-refractivity contribution >= 4 is 57.4 Å². The van der Waals surface area contributed by atoms with Gasteiger partial charge < -0.3 is 10.6 Å².